The lowest BCUT2D eigenvalue weighted by Crippen LogP contribution is -2.10. The highest BCUT2D eigenvalue weighted by molar-refractivity contribution is 5.26. The second-order valence-electron chi connectivity index (χ2n) is 4.11. The van der Waals surface area contributed by atoms with Crippen molar-refractivity contribution < 1.29 is 9.50 Å². The molecule has 0 aromatic heterocycles. The normalized spacial score (nSPS) is 12.8. The molecule has 0 saturated heterocycles. The summed E-state index contributed by atoms with van der Waals surface area (Å²) in [6.07, 6.45) is 2.82. The van der Waals surface area contributed by atoms with Gasteiger partial charge in [0.25, 0.3) is 0 Å². The van der Waals surface area contributed by atoms with Crippen LogP contribution in [0.5, 0.6) is 0 Å². The summed E-state index contributed by atoms with van der Waals surface area (Å²) in [5, 5.41) is 9.18. The molecule has 0 radical (unpaired) electrons. The van der Waals surface area contributed by atoms with E-state index in [1.807, 2.05) is 6.92 Å². The van der Waals surface area contributed by atoms with Crippen molar-refractivity contribution in [1.82, 2.24) is 0 Å². The standard InChI is InChI=1S/C13H19FO/c1-3-4-11(9-15)7-12-8-13(14)6-5-10(12)2/h5-6,8,11,15H,3-4,7,9H2,1-2H3. The molecule has 1 rings (SSSR count). The van der Waals surface area contributed by atoms with Gasteiger partial charge in [0, 0.05) is 6.61 Å². The van der Waals surface area contributed by atoms with Crippen LogP contribution in [0.4, 0.5) is 4.39 Å². The zero-order valence-corrected chi connectivity index (χ0v) is 9.46. The summed E-state index contributed by atoms with van der Waals surface area (Å²) in [4.78, 5) is 0. The zero-order valence-electron chi connectivity index (χ0n) is 9.46. The molecule has 1 unspecified atom stereocenters. The van der Waals surface area contributed by atoms with Crippen molar-refractivity contribution in [3.05, 3.63) is 35.1 Å². The monoisotopic (exact) mass is 210 g/mol. The van der Waals surface area contributed by atoms with E-state index in [2.05, 4.69) is 6.92 Å². The lowest BCUT2D eigenvalue weighted by atomic mass is 9.93. The minimum Gasteiger partial charge on any atom is -0.396 e. The van der Waals surface area contributed by atoms with Crippen LogP contribution in [-0.2, 0) is 6.42 Å². The number of aliphatic hydroxyl groups excluding tert-OH is 1. The Labute approximate surface area is 90.9 Å². The molecule has 0 fully saturated rings. The number of aryl methyl sites for hydroxylation is 1. The fourth-order valence-corrected chi connectivity index (χ4v) is 1.84. The van der Waals surface area contributed by atoms with E-state index in [-0.39, 0.29) is 18.3 Å². The van der Waals surface area contributed by atoms with Gasteiger partial charge < -0.3 is 5.11 Å². The molecule has 15 heavy (non-hydrogen) atoms. The summed E-state index contributed by atoms with van der Waals surface area (Å²) in [6.45, 7) is 4.26. The SMILES string of the molecule is CCCC(CO)Cc1cc(F)ccc1C. The van der Waals surface area contributed by atoms with Crippen molar-refractivity contribution in [2.24, 2.45) is 5.92 Å². The van der Waals surface area contributed by atoms with Crippen molar-refractivity contribution in [3.8, 4) is 0 Å². The minimum atomic E-state index is -0.191. The van der Waals surface area contributed by atoms with E-state index in [4.69, 9.17) is 0 Å². The molecule has 1 aromatic carbocycles. The van der Waals surface area contributed by atoms with Gasteiger partial charge in [-0.2, -0.15) is 0 Å². The highest BCUT2D eigenvalue weighted by atomic mass is 19.1. The molecule has 0 aliphatic heterocycles. The molecule has 1 nitrogen and oxygen atoms in total. The highest BCUT2D eigenvalue weighted by Gasteiger charge is 2.09. The molecule has 1 N–H and O–H groups in total. The van der Waals surface area contributed by atoms with Gasteiger partial charge in [0.05, 0.1) is 0 Å². The molecular formula is C13H19FO. The van der Waals surface area contributed by atoms with Crippen LogP contribution in [0.25, 0.3) is 0 Å². The Morgan fingerprint density at radius 1 is 1.40 bits per heavy atom. The quantitative estimate of drug-likeness (QED) is 0.791. The van der Waals surface area contributed by atoms with Gasteiger partial charge in [-0.15, -0.1) is 0 Å². The van der Waals surface area contributed by atoms with Crippen LogP contribution in [0.2, 0.25) is 0 Å². The molecule has 0 bridgehead atoms. The van der Waals surface area contributed by atoms with Crippen LogP contribution in [0.15, 0.2) is 18.2 Å². The number of aliphatic hydroxyl groups is 1. The molecule has 1 atom stereocenters. The molecule has 0 aliphatic carbocycles. The summed E-state index contributed by atoms with van der Waals surface area (Å²) in [5.41, 5.74) is 2.12. The maximum atomic E-state index is 13.0. The highest BCUT2D eigenvalue weighted by Crippen LogP contribution is 2.18. The molecular weight excluding hydrogens is 191 g/mol. The third-order valence-electron chi connectivity index (χ3n) is 2.77. The van der Waals surface area contributed by atoms with Gasteiger partial charge >= 0.3 is 0 Å². The van der Waals surface area contributed by atoms with E-state index >= 15 is 0 Å². The Kier molecular flexibility index (Phi) is 4.76. The van der Waals surface area contributed by atoms with E-state index in [9.17, 15) is 9.50 Å². The molecule has 0 amide bonds. The lowest BCUT2D eigenvalue weighted by molar-refractivity contribution is 0.217. The van der Waals surface area contributed by atoms with Crippen LogP contribution < -0.4 is 0 Å². The topological polar surface area (TPSA) is 20.2 Å². The Morgan fingerprint density at radius 2 is 2.13 bits per heavy atom. The molecule has 2 heteroatoms. The van der Waals surface area contributed by atoms with Gasteiger partial charge in [-0.25, -0.2) is 4.39 Å². The van der Waals surface area contributed by atoms with Gasteiger partial charge in [-0.3, -0.25) is 0 Å². The van der Waals surface area contributed by atoms with Gasteiger partial charge in [0.2, 0.25) is 0 Å². The third-order valence-corrected chi connectivity index (χ3v) is 2.77. The van der Waals surface area contributed by atoms with E-state index in [1.54, 1.807) is 12.1 Å². The summed E-state index contributed by atoms with van der Waals surface area (Å²) < 4.78 is 13.0. The largest absolute Gasteiger partial charge is 0.396 e. The van der Waals surface area contributed by atoms with Crippen molar-refractivity contribution in [1.29, 1.82) is 0 Å². The maximum Gasteiger partial charge on any atom is 0.123 e. The van der Waals surface area contributed by atoms with Crippen LogP contribution in [0.1, 0.15) is 30.9 Å². The van der Waals surface area contributed by atoms with Crippen LogP contribution >= 0.6 is 0 Å². The maximum absolute atomic E-state index is 13.0. The Balaban J connectivity index is 2.73. The van der Waals surface area contributed by atoms with Gasteiger partial charge in [-0.1, -0.05) is 19.4 Å². The van der Waals surface area contributed by atoms with E-state index in [0.717, 1.165) is 30.4 Å². The smallest absolute Gasteiger partial charge is 0.123 e. The summed E-state index contributed by atoms with van der Waals surface area (Å²) in [6, 6.07) is 4.85. The first kappa shape index (κ1) is 12.2. The average Bonchev–Trinajstić information content (AvgIpc) is 2.22. The molecule has 0 saturated carbocycles. The Morgan fingerprint density at radius 3 is 2.73 bits per heavy atom. The summed E-state index contributed by atoms with van der Waals surface area (Å²) in [7, 11) is 0. The third kappa shape index (κ3) is 3.63. The molecule has 1 aromatic rings. The predicted octanol–water partition coefficient (Wildman–Crippen LogP) is 3.09. The fraction of sp³-hybridized carbons (Fsp3) is 0.538. The molecule has 0 heterocycles. The van der Waals surface area contributed by atoms with E-state index in [1.165, 1.54) is 6.07 Å². The van der Waals surface area contributed by atoms with Crippen molar-refractivity contribution in [3.63, 3.8) is 0 Å². The fourth-order valence-electron chi connectivity index (χ4n) is 1.84. The molecule has 84 valence electrons. The lowest BCUT2D eigenvalue weighted by Gasteiger charge is -2.14. The summed E-state index contributed by atoms with van der Waals surface area (Å²) >= 11 is 0. The second kappa shape index (κ2) is 5.86. The van der Waals surface area contributed by atoms with Crippen LogP contribution in [0.3, 0.4) is 0 Å². The zero-order chi connectivity index (χ0) is 11.3. The summed E-state index contributed by atoms with van der Waals surface area (Å²) in [5.74, 6) is 0.0688. The predicted molar refractivity (Wildman–Crippen MR) is 60.3 cm³/mol. The molecule has 0 aliphatic rings. The minimum absolute atomic E-state index is 0.184. The first-order valence-corrected chi connectivity index (χ1v) is 5.53. The van der Waals surface area contributed by atoms with Crippen LogP contribution in [0, 0.1) is 18.7 Å². The second-order valence-corrected chi connectivity index (χ2v) is 4.11. The Bertz CT molecular complexity index is 309. The van der Waals surface area contributed by atoms with Gasteiger partial charge in [0.1, 0.15) is 5.82 Å². The number of halogens is 1. The average molecular weight is 210 g/mol. The van der Waals surface area contributed by atoms with E-state index in [0.29, 0.717) is 0 Å². The van der Waals surface area contributed by atoms with Crippen molar-refractivity contribution in [2.75, 3.05) is 6.61 Å². The first-order chi connectivity index (χ1) is 7.17. The van der Waals surface area contributed by atoms with E-state index < -0.39 is 0 Å². The van der Waals surface area contributed by atoms with Crippen molar-refractivity contribution in [2.45, 2.75) is 33.1 Å². The molecule has 0 spiro atoms. The van der Waals surface area contributed by atoms with Crippen LogP contribution in [-0.4, -0.2) is 11.7 Å². The van der Waals surface area contributed by atoms with Crippen molar-refractivity contribution >= 4 is 0 Å². The van der Waals surface area contributed by atoms with Gasteiger partial charge in [0.15, 0.2) is 0 Å². The number of benzene rings is 1. The number of rotatable bonds is 5. The number of hydrogen-bond acceptors (Lipinski definition) is 1. The van der Waals surface area contributed by atoms with Gasteiger partial charge in [-0.05, 0) is 48.9 Å². The Hall–Kier alpha value is -0.890. The first-order valence-electron chi connectivity index (χ1n) is 5.53. The number of hydrogen-bond donors (Lipinski definition) is 1.